The molecule has 0 aliphatic carbocycles. The highest BCUT2D eigenvalue weighted by atomic mass is 35.5. The molecule has 1 aromatic carbocycles. The number of carboxylic acid groups (broad SMARTS) is 1. The number of nitrogens with one attached hydrogen (secondary N) is 1. The number of hydrogen-bond acceptors (Lipinski definition) is 3. The second kappa shape index (κ2) is 7.33. The fourth-order valence-corrected chi connectivity index (χ4v) is 1.69. The van der Waals surface area contributed by atoms with Gasteiger partial charge in [-0.15, -0.1) is 0 Å². The summed E-state index contributed by atoms with van der Waals surface area (Å²) in [6.07, 6.45) is 0. The second-order valence-corrected chi connectivity index (χ2v) is 4.66. The minimum Gasteiger partial charge on any atom is -0.480 e. The Labute approximate surface area is 120 Å². The van der Waals surface area contributed by atoms with Crippen molar-refractivity contribution in [3.8, 4) is 0 Å². The lowest BCUT2D eigenvalue weighted by Crippen LogP contribution is -2.30. The molecular weight excluding hydrogens is 293 g/mol. The summed E-state index contributed by atoms with van der Waals surface area (Å²) in [4.78, 5) is 21.7. The summed E-state index contributed by atoms with van der Waals surface area (Å²) in [7, 11) is 0. The standard InChI is InChI=1S/C12H13Cl2NO4/c1-7(8-2-3-9(13)10(14)4-8)15-11(16)5-19-6-12(17)18/h2-4,7H,5-6H2,1H3,(H,15,16)(H,17,18). The molecule has 1 unspecified atom stereocenters. The fourth-order valence-electron chi connectivity index (χ4n) is 1.38. The number of carbonyl (C=O) groups is 2. The van der Waals surface area contributed by atoms with E-state index in [-0.39, 0.29) is 12.6 Å². The third-order valence-corrected chi connectivity index (χ3v) is 3.02. The van der Waals surface area contributed by atoms with Crippen LogP contribution < -0.4 is 5.32 Å². The number of amides is 1. The Morgan fingerprint density at radius 3 is 2.58 bits per heavy atom. The van der Waals surface area contributed by atoms with Gasteiger partial charge in [0, 0.05) is 0 Å². The van der Waals surface area contributed by atoms with Gasteiger partial charge in [-0.1, -0.05) is 29.3 Å². The third-order valence-electron chi connectivity index (χ3n) is 2.28. The number of benzene rings is 1. The zero-order chi connectivity index (χ0) is 14.4. The number of hydrogen-bond donors (Lipinski definition) is 2. The topological polar surface area (TPSA) is 75.6 Å². The van der Waals surface area contributed by atoms with Gasteiger partial charge < -0.3 is 15.2 Å². The van der Waals surface area contributed by atoms with E-state index < -0.39 is 18.5 Å². The predicted molar refractivity (Wildman–Crippen MR) is 71.5 cm³/mol. The lowest BCUT2D eigenvalue weighted by Gasteiger charge is -2.14. The van der Waals surface area contributed by atoms with Gasteiger partial charge in [0.15, 0.2) is 0 Å². The molecule has 104 valence electrons. The van der Waals surface area contributed by atoms with Gasteiger partial charge in [-0.3, -0.25) is 4.79 Å². The molecule has 1 amide bonds. The van der Waals surface area contributed by atoms with E-state index in [0.717, 1.165) is 5.56 Å². The molecule has 0 spiro atoms. The highest BCUT2D eigenvalue weighted by molar-refractivity contribution is 6.42. The summed E-state index contributed by atoms with van der Waals surface area (Å²) >= 11 is 11.7. The zero-order valence-corrected chi connectivity index (χ0v) is 11.7. The van der Waals surface area contributed by atoms with Crippen LogP contribution in [0.5, 0.6) is 0 Å². The van der Waals surface area contributed by atoms with Crippen LogP contribution in [0.4, 0.5) is 0 Å². The van der Waals surface area contributed by atoms with E-state index in [1.807, 2.05) is 0 Å². The lowest BCUT2D eigenvalue weighted by atomic mass is 10.1. The maximum absolute atomic E-state index is 11.5. The van der Waals surface area contributed by atoms with E-state index in [4.69, 9.17) is 28.3 Å². The van der Waals surface area contributed by atoms with Gasteiger partial charge in [-0.2, -0.15) is 0 Å². The van der Waals surface area contributed by atoms with Gasteiger partial charge in [-0.25, -0.2) is 4.79 Å². The first-order valence-corrected chi connectivity index (χ1v) is 6.19. The average molecular weight is 306 g/mol. The average Bonchev–Trinajstić information content (AvgIpc) is 2.32. The van der Waals surface area contributed by atoms with Crippen molar-refractivity contribution in [1.82, 2.24) is 5.32 Å². The molecule has 0 saturated heterocycles. The normalized spacial score (nSPS) is 11.9. The number of ether oxygens (including phenoxy) is 1. The number of carbonyl (C=O) groups excluding carboxylic acids is 1. The quantitative estimate of drug-likeness (QED) is 0.845. The van der Waals surface area contributed by atoms with Crippen LogP contribution in [0.1, 0.15) is 18.5 Å². The minimum atomic E-state index is -1.12. The van der Waals surface area contributed by atoms with E-state index in [2.05, 4.69) is 10.1 Å². The number of rotatable bonds is 6. The van der Waals surface area contributed by atoms with Crippen LogP contribution >= 0.6 is 23.2 Å². The van der Waals surface area contributed by atoms with E-state index in [1.54, 1.807) is 25.1 Å². The molecule has 0 aromatic heterocycles. The van der Waals surface area contributed by atoms with E-state index in [9.17, 15) is 9.59 Å². The van der Waals surface area contributed by atoms with Gasteiger partial charge >= 0.3 is 5.97 Å². The predicted octanol–water partition coefficient (Wildman–Crippen LogP) is 2.27. The van der Waals surface area contributed by atoms with Crippen LogP contribution in [-0.2, 0) is 14.3 Å². The van der Waals surface area contributed by atoms with Crippen molar-refractivity contribution in [1.29, 1.82) is 0 Å². The molecule has 1 atom stereocenters. The second-order valence-electron chi connectivity index (χ2n) is 3.85. The highest BCUT2D eigenvalue weighted by Crippen LogP contribution is 2.25. The van der Waals surface area contributed by atoms with Crippen molar-refractivity contribution >= 4 is 35.1 Å². The first-order chi connectivity index (χ1) is 8.90. The maximum Gasteiger partial charge on any atom is 0.329 e. The summed E-state index contributed by atoms with van der Waals surface area (Å²) in [6, 6.07) is 4.77. The van der Waals surface area contributed by atoms with E-state index in [0.29, 0.717) is 10.0 Å². The Morgan fingerprint density at radius 1 is 1.32 bits per heavy atom. The molecule has 0 bridgehead atoms. The van der Waals surface area contributed by atoms with Gasteiger partial charge in [0.25, 0.3) is 0 Å². The van der Waals surface area contributed by atoms with E-state index in [1.165, 1.54) is 0 Å². The molecule has 2 N–H and O–H groups in total. The van der Waals surface area contributed by atoms with Crippen molar-refractivity contribution in [2.45, 2.75) is 13.0 Å². The molecule has 0 fully saturated rings. The Hall–Kier alpha value is -1.30. The van der Waals surface area contributed by atoms with Crippen LogP contribution in [0.3, 0.4) is 0 Å². The molecule has 1 aromatic rings. The Bertz CT molecular complexity index is 479. The third kappa shape index (κ3) is 5.46. The molecular formula is C12H13Cl2NO4. The summed E-state index contributed by atoms with van der Waals surface area (Å²) in [5, 5.41) is 11.9. The van der Waals surface area contributed by atoms with Crippen molar-refractivity contribution in [2.24, 2.45) is 0 Å². The lowest BCUT2D eigenvalue weighted by molar-refractivity contribution is -0.143. The van der Waals surface area contributed by atoms with Gasteiger partial charge in [0.2, 0.25) is 5.91 Å². The first kappa shape index (κ1) is 15.8. The van der Waals surface area contributed by atoms with Crippen LogP contribution in [0.25, 0.3) is 0 Å². The molecule has 0 aliphatic heterocycles. The van der Waals surface area contributed by atoms with Gasteiger partial charge in [-0.05, 0) is 24.6 Å². The zero-order valence-electron chi connectivity index (χ0n) is 10.2. The Balaban J connectivity index is 2.49. The van der Waals surface area contributed by atoms with Crippen LogP contribution in [0.15, 0.2) is 18.2 Å². The van der Waals surface area contributed by atoms with Crippen molar-refractivity contribution in [3.63, 3.8) is 0 Å². The molecule has 0 radical (unpaired) electrons. The van der Waals surface area contributed by atoms with Crippen LogP contribution in [-0.4, -0.2) is 30.2 Å². The van der Waals surface area contributed by atoms with Crippen LogP contribution in [0.2, 0.25) is 10.0 Å². The monoisotopic (exact) mass is 305 g/mol. The van der Waals surface area contributed by atoms with Crippen molar-refractivity contribution in [2.75, 3.05) is 13.2 Å². The molecule has 7 heteroatoms. The first-order valence-electron chi connectivity index (χ1n) is 5.44. The van der Waals surface area contributed by atoms with Gasteiger partial charge in [0.1, 0.15) is 13.2 Å². The van der Waals surface area contributed by atoms with Crippen molar-refractivity contribution in [3.05, 3.63) is 33.8 Å². The summed E-state index contributed by atoms with van der Waals surface area (Å²) in [6.45, 7) is 0.960. The number of carboxylic acids is 1. The smallest absolute Gasteiger partial charge is 0.329 e. The minimum absolute atomic E-state index is 0.282. The van der Waals surface area contributed by atoms with Gasteiger partial charge in [0.05, 0.1) is 16.1 Å². The molecule has 0 heterocycles. The summed E-state index contributed by atoms with van der Waals surface area (Å²) < 4.78 is 4.68. The summed E-state index contributed by atoms with van der Waals surface area (Å²) in [5.41, 5.74) is 0.793. The van der Waals surface area contributed by atoms with Crippen molar-refractivity contribution < 1.29 is 19.4 Å². The molecule has 0 aliphatic rings. The Kier molecular flexibility index (Phi) is 6.08. The summed E-state index contributed by atoms with van der Waals surface area (Å²) in [5.74, 6) is -1.52. The largest absolute Gasteiger partial charge is 0.480 e. The van der Waals surface area contributed by atoms with E-state index >= 15 is 0 Å². The molecule has 5 nitrogen and oxygen atoms in total. The Morgan fingerprint density at radius 2 is 2.00 bits per heavy atom. The SMILES string of the molecule is CC(NC(=O)COCC(=O)O)c1ccc(Cl)c(Cl)c1. The number of aliphatic carboxylic acids is 1. The highest BCUT2D eigenvalue weighted by Gasteiger charge is 2.11. The molecule has 19 heavy (non-hydrogen) atoms. The maximum atomic E-state index is 11.5. The molecule has 0 saturated carbocycles. The number of halogens is 2. The fraction of sp³-hybridized carbons (Fsp3) is 0.333. The van der Waals surface area contributed by atoms with Crippen LogP contribution in [0, 0.1) is 0 Å². The molecule has 1 rings (SSSR count).